The quantitative estimate of drug-likeness (QED) is 0.431. The fourth-order valence-electron chi connectivity index (χ4n) is 1.87. The molecular formula is C15H23NO4Si. The second kappa shape index (κ2) is 9.46. The molecule has 1 aromatic carbocycles. The summed E-state index contributed by atoms with van der Waals surface area (Å²) in [4.78, 5) is 11.7. The molecule has 21 heavy (non-hydrogen) atoms. The molecular weight excluding hydrogens is 286 g/mol. The van der Waals surface area contributed by atoms with Crippen LogP contribution >= 0.6 is 0 Å². The fourth-order valence-corrected chi connectivity index (χ4v) is 3.59. The van der Waals surface area contributed by atoms with Crippen LogP contribution in [0.5, 0.6) is 0 Å². The summed E-state index contributed by atoms with van der Waals surface area (Å²) < 4.78 is 15.9. The first-order chi connectivity index (χ1) is 10.2. The summed E-state index contributed by atoms with van der Waals surface area (Å²) in [5, 5.41) is 2.83. The predicted molar refractivity (Wildman–Crippen MR) is 84.7 cm³/mol. The minimum atomic E-state index is -2.53. The van der Waals surface area contributed by atoms with Crippen molar-refractivity contribution in [3.8, 4) is 0 Å². The van der Waals surface area contributed by atoms with E-state index in [0.29, 0.717) is 12.6 Å². The van der Waals surface area contributed by atoms with Gasteiger partial charge in [0.05, 0.1) is 0 Å². The Labute approximate surface area is 127 Å². The number of rotatable bonds is 9. The van der Waals surface area contributed by atoms with Crippen molar-refractivity contribution in [1.82, 2.24) is 5.32 Å². The molecule has 0 spiro atoms. The predicted octanol–water partition coefficient (Wildman–Crippen LogP) is 2.08. The standard InChI is InChI=1S/C15H23NO4Si/c1-18-21(19-2,20-3)13-7-12-16-15(17)11-10-14-8-5-4-6-9-14/h4-6,8-11H,7,12-13H2,1-3H3,(H,16,17). The first-order valence-electron chi connectivity index (χ1n) is 6.82. The molecule has 1 N–H and O–H groups in total. The van der Waals surface area contributed by atoms with Crippen molar-refractivity contribution in [2.45, 2.75) is 12.5 Å². The van der Waals surface area contributed by atoms with E-state index >= 15 is 0 Å². The molecule has 0 fully saturated rings. The van der Waals surface area contributed by atoms with Crippen LogP contribution in [0.1, 0.15) is 12.0 Å². The maximum Gasteiger partial charge on any atom is 0.500 e. The van der Waals surface area contributed by atoms with Gasteiger partial charge in [0.1, 0.15) is 0 Å². The van der Waals surface area contributed by atoms with E-state index < -0.39 is 8.80 Å². The molecule has 0 heterocycles. The summed E-state index contributed by atoms with van der Waals surface area (Å²) >= 11 is 0. The van der Waals surface area contributed by atoms with E-state index in [4.69, 9.17) is 13.3 Å². The zero-order valence-corrected chi connectivity index (χ0v) is 13.8. The van der Waals surface area contributed by atoms with Crippen LogP contribution in [-0.2, 0) is 18.1 Å². The Morgan fingerprint density at radius 2 is 1.76 bits per heavy atom. The summed E-state index contributed by atoms with van der Waals surface area (Å²) in [5.74, 6) is -0.113. The number of benzene rings is 1. The van der Waals surface area contributed by atoms with Gasteiger partial charge in [-0.05, 0) is 18.1 Å². The van der Waals surface area contributed by atoms with Gasteiger partial charge in [-0.3, -0.25) is 4.79 Å². The van der Waals surface area contributed by atoms with Crippen LogP contribution in [0.25, 0.3) is 6.08 Å². The number of hydrogen-bond acceptors (Lipinski definition) is 4. The SMILES string of the molecule is CO[Si](CCCNC(=O)C=Cc1ccccc1)(OC)OC. The smallest absolute Gasteiger partial charge is 0.377 e. The Morgan fingerprint density at radius 3 is 2.33 bits per heavy atom. The lowest BCUT2D eigenvalue weighted by atomic mass is 10.2. The Morgan fingerprint density at radius 1 is 1.14 bits per heavy atom. The number of amides is 1. The second-order valence-electron chi connectivity index (χ2n) is 4.43. The van der Waals surface area contributed by atoms with Gasteiger partial charge in [0, 0.05) is 40.0 Å². The van der Waals surface area contributed by atoms with E-state index in [2.05, 4.69) is 5.32 Å². The normalized spacial score (nSPS) is 11.8. The van der Waals surface area contributed by atoms with Crippen LogP contribution in [-0.4, -0.2) is 42.6 Å². The van der Waals surface area contributed by atoms with E-state index in [0.717, 1.165) is 12.0 Å². The Bertz CT molecular complexity index is 438. The van der Waals surface area contributed by atoms with Gasteiger partial charge < -0.3 is 18.6 Å². The highest BCUT2D eigenvalue weighted by Gasteiger charge is 2.36. The summed E-state index contributed by atoms with van der Waals surface area (Å²) in [6.07, 6.45) is 4.06. The minimum Gasteiger partial charge on any atom is -0.377 e. The van der Waals surface area contributed by atoms with E-state index in [1.54, 1.807) is 27.4 Å². The average Bonchev–Trinajstić information content (AvgIpc) is 2.55. The maximum atomic E-state index is 11.7. The number of carbonyl (C=O) groups excluding carboxylic acids is 1. The average molecular weight is 309 g/mol. The topological polar surface area (TPSA) is 56.8 Å². The van der Waals surface area contributed by atoms with Crippen molar-refractivity contribution in [3.05, 3.63) is 42.0 Å². The number of nitrogens with one attached hydrogen (secondary N) is 1. The van der Waals surface area contributed by atoms with Crippen molar-refractivity contribution in [3.63, 3.8) is 0 Å². The maximum absolute atomic E-state index is 11.7. The Balaban J connectivity index is 2.29. The molecule has 0 atom stereocenters. The van der Waals surface area contributed by atoms with Gasteiger partial charge in [-0.15, -0.1) is 0 Å². The second-order valence-corrected chi connectivity index (χ2v) is 7.52. The molecule has 1 rings (SSSR count). The van der Waals surface area contributed by atoms with E-state index in [-0.39, 0.29) is 5.91 Å². The van der Waals surface area contributed by atoms with Gasteiger partial charge in [-0.25, -0.2) is 0 Å². The Kier molecular flexibility index (Phi) is 7.92. The molecule has 1 aromatic rings. The van der Waals surface area contributed by atoms with Crippen LogP contribution < -0.4 is 5.32 Å². The summed E-state index contributed by atoms with van der Waals surface area (Å²) in [6.45, 7) is 0.558. The van der Waals surface area contributed by atoms with Crippen molar-refractivity contribution >= 4 is 20.8 Å². The zero-order valence-electron chi connectivity index (χ0n) is 12.8. The molecule has 0 aliphatic carbocycles. The van der Waals surface area contributed by atoms with E-state index in [1.807, 2.05) is 30.3 Å². The molecule has 0 aliphatic heterocycles. The molecule has 5 nitrogen and oxygen atoms in total. The largest absolute Gasteiger partial charge is 0.500 e. The first-order valence-corrected chi connectivity index (χ1v) is 8.75. The third-order valence-corrected chi connectivity index (χ3v) is 5.95. The van der Waals surface area contributed by atoms with Gasteiger partial charge in [-0.2, -0.15) is 0 Å². The molecule has 0 aromatic heterocycles. The van der Waals surface area contributed by atoms with Crippen molar-refractivity contribution in [1.29, 1.82) is 0 Å². The van der Waals surface area contributed by atoms with Crippen LogP contribution in [0.15, 0.2) is 36.4 Å². The van der Waals surface area contributed by atoms with Crippen molar-refractivity contribution < 1.29 is 18.1 Å². The Hall–Kier alpha value is -1.47. The molecule has 0 aliphatic rings. The van der Waals surface area contributed by atoms with Gasteiger partial charge in [-0.1, -0.05) is 30.3 Å². The molecule has 0 unspecified atom stereocenters. The molecule has 0 radical (unpaired) electrons. The minimum absolute atomic E-state index is 0.113. The van der Waals surface area contributed by atoms with Crippen LogP contribution in [0.3, 0.4) is 0 Å². The van der Waals surface area contributed by atoms with Gasteiger partial charge in [0.2, 0.25) is 5.91 Å². The third-order valence-electron chi connectivity index (χ3n) is 3.12. The molecule has 1 amide bonds. The van der Waals surface area contributed by atoms with Crippen LogP contribution in [0, 0.1) is 0 Å². The highest BCUT2D eigenvalue weighted by Crippen LogP contribution is 2.14. The lowest BCUT2D eigenvalue weighted by Crippen LogP contribution is -2.43. The zero-order chi connectivity index (χ0) is 15.6. The van der Waals surface area contributed by atoms with Crippen molar-refractivity contribution in [2.24, 2.45) is 0 Å². The number of carbonyl (C=O) groups is 1. The van der Waals surface area contributed by atoms with Crippen LogP contribution in [0.4, 0.5) is 0 Å². The highest BCUT2D eigenvalue weighted by molar-refractivity contribution is 6.60. The van der Waals surface area contributed by atoms with Gasteiger partial charge in [0.25, 0.3) is 0 Å². The van der Waals surface area contributed by atoms with Gasteiger partial charge >= 0.3 is 8.80 Å². The fraction of sp³-hybridized carbons (Fsp3) is 0.400. The third kappa shape index (κ3) is 6.22. The summed E-state index contributed by atoms with van der Waals surface area (Å²) in [5.41, 5.74) is 0.997. The molecule has 116 valence electrons. The highest BCUT2D eigenvalue weighted by atomic mass is 28.4. The first kappa shape index (κ1) is 17.6. The monoisotopic (exact) mass is 309 g/mol. The molecule has 0 saturated heterocycles. The lowest BCUT2D eigenvalue weighted by molar-refractivity contribution is -0.116. The van der Waals surface area contributed by atoms with E-state index in [1.165, 1.54) is 6.08 Å². The van der Waals surface area contributed by atoms with Crippen LogP contribution in [0.2, 0.25) is 6.04 Å². The molecule has 0 bridgehead atoms. The summed E-state index contributed by atoms with van der Waals surface area (Å²) in [6, 6.07) is 10.4. The number of hydrogen-bond donors (Lipinski definition) is 1. The lowest BCUT2D eigenvalue weighted by Gasteiger charge is -2.24. The van der Waals surface area contributed by atoms with E-state index in [9.17, 15) is 4.79 Å². The van der Waals surface area contributed by atoms with Crippen molar-refractivity contribution in [2.75, 3.05) is 27.9 Å². The molecule has 0 saturated carbocycles. The van der Waals surface area contributed by atoms with Gasteiger partial charge in [0.15, 0.2) is 0 Å². The molecule has 6 heteroatoms. The summed E-state index contributed by atoms with van der Waals surface area (Å²) in [7, 11) is 2.22.